The summed E-state index contributed by atoms with van der Waals surface area (Å²) in [6, 6.07) is 4.63. The summed E-state index contributed by atoms with van der Waals surface area (Å²) in [6.07, 6.45) is 1.27. The lowest BCUT2D eigenvalue weighted by atomic mass is 9.80. The van der Waals surface area contributed by atoms with Gasteiger partial charge in [0.25, 0.3) is 0 Å². The van der Waals surface area contributed by atoms with E-state index in [9.17, 15) is 14.0 Å². The van der Waals surface area contributed by atoms with Crippen LogP contribution in [0.4, 0.5) is 9.18 Å². The first-order chi connectivity index (χ1) is 13.3. The van der Waals surface area contributed by atoms with Crippen molar-refractivity contribution in [1.29, 1.82) is 0 Å². The Morgan fingerprint density at radius 3 is 2.96 bits per heavy atom. The fraction of sp³-hybridized carbons (Fsp3) is 0.600. The van der Waals surface area contributed by atoms with Gasteiger partial charge in [-0.15, -0.1) is 0 Å². The van der Waals surface area contributed by atoms with Gasteiger partial charge >= 0.3 is 12.0 Å². The first-order valence-electron chi connectivity index (χ1n) is 9.69. The molecular weight excluding hydrogens is 365 g/mol. The molecule has 1 aliphatic carbocycles. The van der Waals surface area contributed by atoms with Gasteiger partial charge in [-0.05, 0) is 43.0 Å². The zero-order chi connectivity index (χ0) is 20.3. The molecule has 1 aromatic carbocycles. The number of nitrogens with one attached hydrogen (secondary N) is 1. The predicted octanol–water partition coefficient (Wildman–Crippen LogP) is 1.88. The maximum Gasteiger partial charge on any atom is 0.318 e. The highest BCUT2D eigenvalue weighted by Gasteiger charge is 2.32. The molecule has 154 valence electrons. The number of carbonyl (C=O) groups is 2. The van der Waals surface area contributed by atoms with Crippen LogP contribution in [0.3, 0.4) is 0 Å². The number of carbonyl (C=O) groups excluding carboxylic acids is 1. The minimum atomic E-state index is -0.898. The van der Waals surface area contributed by atoms with E-state index in [1.165, 1.54) is 6.07 Å². The number of morpholine rings is 1. The second-order valence-corrected chi connectivity index (χ2v) is 7.78. The lowest BCUT2D eigenvalue weighted by Gasteiger charge is -2.37. The summed E-state index contributed by atoms with van der Waals surface area (Å²) in [5, 5.41) is 12.0. The van der Waals surface area contributed by atoms with Crippen LogP contribution in [0.2, 0.25) is 0 Å². The molecule has 3 unspecified atom stereocenters. The summed E-state index contributed by atoms with van der Waals surface area (Å²) >= 11 is 0. The van der Waals surface area contributed by atoms with Gasteiger partial charge in [-0.25, -0.2) is 9.18 Å². The molecule has 0 spiro atoms. The molecule has 7 nitrogen and oxygen atoms in total. The minimum absolute atomic E-state index is 0.0754. The standard InChI is InChI=1S/C20H28FN3O4/c1-13-6-7-15-16(4-3-5-17(15)21)19(13)22-20(27)24-8-9-28-14(11-24)10-23(2)12-18(25)26/h3-5,13-14,19H,6-12H2,1-2H3,(H,22,27)(H,25,26). The van der Waals surface area contributed by atoms with Crippen molar-refractivity contribution in [2.75, 3.05) is 39.8 Å². The van der Waals surface area contributed by atoms with E-state index in [0.717, 1.165) is 12.0 Å². The van der Waals surface area contributed by atoms with Gasteiger partial charge in [0, 0.05) is 19.6 Å². The zero-order valence-electron chi connectivity index (χ0n) is 16.4. The number of fused-ring (bicyclic) bond motifs is 1. The minimum Gasteiger partial charge on any atom is -0.480 e. The molecule has 8 heteroatoms. The van der Waals surface area contributed by atoms with Gasteiger partial charge < -0.3 is 20.1 Å². The number of likely N-dealkylation sites (N-methyl/N-ethyl adjacent to an activating group) is 1. The second kappa shape index (κ2) is 8.87. The quantitative estimate of drug-likeness (QED) is 0.798. The first-order valence-corrected chi connectivity index (χ1v) is 9.69. The van der Waals surface area contributed by atoms with Crippen LogP contribution in [0.1, 0.15) is 30.5 Å². The molecule has 0 saturated carbocycles. The van der Waals surface area contributed by atoms with E-state index in [1.54, 1.807) is 22.9 Å². The molecule has 0 radical (unpaired) electrons. The number of halogens is 1. The molecular formula is C20H28FN3O4. The number of carboxylic acids is 1. The molecule has 1 saturated heterocycles. The number of rotatable bonds is 5. The number of ether oxygens (including phenoxy) is 1. The van der Waals surface area contributed by atoms with E-state index in [-0.39, 0.29) is 36.5 Å². The Kier molecular flexibility index (Phi) is 6.51. The molecule has 2 amide bonds. The molecule has 3 rings (SSSR count). The van der Waals surface area contributed by atoms with Crippen molar-refractivity contribution >= 4 is 12.0 Å². The van der Waals surface area contributed by atoms with Crippen LogP contribution in [0.15, 0.2) is 18.2 Å². The molecule has 2 aliphatic rings. The molecule has 1 aliphatic heterocycles. The van der Waals surface area contributed by atoms with Gasteiger partial charge in [-0.1, -0.05) is 19.1 Å². The topological polar surface area (TPSA) is 82.1 Å². The Bertz CT molecular complexity index is 729. The Labute approximate surface area is 164 Å². The van der Waals surface area contributed by atoms with Crippen LogP contribution in [0, 0.1) is 11.7 Å². The molecule has 2 N–H and O–H groups in total. The summed E-state index contributed by atoms with van der Waals surface area (Å²) in [4.78, 5) is 27.1. The Balaban J connectivity index is 1.63. The lowest BCUT2D eigenvalue weighted by Crippen LogP contribution is -2.53. The number of amides is 2. The summed E-state index contributed by atoms with van der Waals surface area (Å²) in [7, 11) is 1.71. The van der Waals surface area contributed by atoms with E-state index in [2.05, 4.69) is 12.2 Å². The number of aliphatic carboxylic acids is 1. The van der Waals surface area contributed by atoms with Gasteiger partial charge in [-0.2, -0.15) is 0 Å². The molecule has 0 bridgehead atoms. The van der Waals surface area contributed by atoms with Gasteiger partial charge in [0.15, 0.2) is 0 Å². The number of urea groups is 1. The normalized spacial score (nSPS) is 24.7. The van der Waals surface area contributed by atoms with Gasteiger partial charge in [0.05, 0.1) is 25.3 Å². The van der Waals surface area contributed by atoms with Gasteiger partial charge in [0.2, 0.25) is 0 Å². The largest absolute Gasteiger partial charge is 0.480 e. The number of nitrogens with zero attached hydrogens (tertiary/aromatic N) is 2. The van der Waals surface area contributed by atoms with Crippen molar-refractivity contribution in [3.63, 3.8) is 0 Å². The Hall–Kier alpha value is -2.19. The SMILES string of the molecule is CC1CCc2c(F)cccc2C1NC(=O)N1CCOC(CN(C)CC(=O)O)C1. The lowest BCUT2D eigenvalue weighted by molar-refractivity contribution is -0.138. The fourth-order valence-corrected chi connectivity index (χ4v) is 4.08. The Morgan fingerprint density at radius 1 is 1.43 bits per heavy atom. The molecule has 1 heterocycles. The van der Waals surface area contributed by atoms with Crippen LogP contribution in [0.25, 0.3) is 0 Å². The van der Waals surface area contributed by atoms with Crippen LogP contribution in [0.5, 0.6) is 0 Å². The van der Waals surface area contributed by atoms with Crippen LogP contribution >= 0.6 is 0 Å². The number of hydrogen-bond acceptors (Lipinski definition) is 4. The van der Waals surface area contributed by atoms with E-state index in [4.69, 9.17) is 9.84 Å². The second-order valence-electron chi connectivity index (χ2n) is 7.78. The van der Waals surface area contributed by atoms with Crippen LogP contribution in [-0.4, -0.2) is 72.8 Å². The smallest absolute Gasteiger partial charge is 0.318 e. The van der Waals surface area contributed by atoms with Gasteiger partial charge in [-0.3, -0.25) is 9.69 Å². The maximum atomic E-state index is 14.1. The molecule has 28 heavy (non-hydrogen) atoms. The average molecular weight is 393 g/mol. The van der Waals surface area contributed by atoms with Crippen molar-refractivity contribution in [2.45, 2.75) is 31.9 Å². The average Bonchev–Trinajstić information content (AvgIpc) is 2.63. The van der Waals surface area contributed by atoms with E-state index >= 15 is 0 Å². The highest BCUT2D eigenvalue weighted by atomic mass is 19.1. The summed E-state index contributed by atoms with van der Waals surface area (Å²) in [6.45, 7) is 3.71. The highest BCUT2D eigenvalue weighted by Crippen LogP contribution is 2.35. The number of benzene rings is 1. The van der Waals surface area contributed by atoms with E-state index < -0.39 is 5.97 Å². The summed E-state index contributed by atoms with van der Waals surface area (Å²) in [5.74, 6) is -0.890. The molecule has 3 atom stereocenters. The summed E-state index contributed by atoms with van der Waals surface area (Å²) < 4.78 is 19.8. The van der Waals surface area contributed by atoms with Gasteiger partial charge in [0.1, 0.15) is 5.82 Å². The van der Waals surface area contributed by atoms with E-state index in [1.807, 2.05) is 6.07 Å². The first kappa shape index (κ1) is 20.5. The number of carboxylic acid groups (broad SMARTS) is 1. The van der Waals surface area contributed by atoms with Crippen LogP contribution < -0.4 is 5.32 Å². The fourth-order valence-electron chi connectivity index (χ4n) is 4.08. The van der Waals surface area contributed by atoms with Crippen molar-refractivity contribution in [3.05, 3.63) is 35.1 Å². The van der Waals surface area contributed by atoms with Crippen LogP contribution in [-0.2, 0) is 16.0 Å². The molecule has 0 aromatic heterocycles. The summed E-state index contributed by atoms with van der Waals surface area (Å²) in [5.41, 5.74) is 1.55. The zero-order valence-corrected chi connectivity index (χ0v) is 16.4. The van der Waals surface area contributed by atoms with Crippen molar-refractivity contribution in [2.24, 2.45) is 5.92 Å². The van der Waals surface area contributed by atoms with Crippen molar-refractivity contribution < 1.29 is 23.8 Å². The highest BCUT2D eigenvalue weighted by molar-refractivity contribution is 5.75. The monoisotopic (exact) mass is 393 g/mol. The van der Waals surface area contributed by atoms with Crippen molar-refractivity contribution in [1.82, 2.24) is 15.1 Å². The van der Waals surface area contributed by atoms with Crippen molar-refractivity contribution in [3.8, 4) is 0 Å². The predicted molar refractivity (Wildman–Crippen MR) is 102 cm³/mol. The maximum absolute atomic E-state index is 14.1. The third-order valence-corrected chi connectivity index (χ3v) is 5.53. The third-order valence-electron chi connectivity index (χ3n) is 5.53. The Morgan fingerprint density at radius 2 is 2.21 bits per heavy atom. The number of hydrogen-bond donors (Lipinski definition) is 2. The van der Waals surface area contributed by atoms with E-state index in [0.29, 0.717) is 38.2 Å². The molecule has 1 fully saturated rings. The molecule has 1 aromatic rings. The third kappa shape index (κ3) is 4.80.